The summed E-state index contributed by atoms with van der Waals surface area (Å²) in [6.07, 6.45) is 4.13. The van der Waals surface area contributed by atoms with Gasteiger partial charge in [0.15, 0.2) is 0 Å². The summed E-state index contributed by atoms with van der Waals surface area (Å²) < 4.78 is 0. The highest BCUT2D eigenvalue weighted by Crippen LogP contribution is 2.35. The largest absolute Gasteiger partial charge is 0.370 e. The predicted molar refractivity (Wildman–Crippen MR) is 62.0 cm³/mol. The van der Waals surface area contributed by atoms with E-state index in [-0.39, 0.29) is 0 Å². The fourth-order valence-corrected chi connectivity index (χ4v) is 1.78. The zero-order valence-electron chi connectivity index (χ0n) is 9.33. The van der Waals surface area contributed by atoms with Crippen LogP contribution in [-0.4, -0.2) is 22.6 Å². The van der Waals surface area contributed by atoms with Crippen molar-refractivity contribution in [2.24, 2.45) is 5.92 Å². The third kappa shape index (κ3) is 2.58. The molecule has 0 amide bonds. The molecule has 0 bridgehead atoms. The molecule has 82 valence electrons. The molecule has 1 aromatic rings. The Labute approximate surface area is 90.5 Å². The van der Waals surface area contributed by atoms with E-state index in [0.29, 0.717) is 6.04 Å². The van der Waals surface area contributed by atoms with Crippen LogP contribution in [-0.2, 0) is 0 Å². The molecule has 1 fully saturated rings. The molecule has 0 aromatic carbocycles. The third-order valence-corrected chi connectivity index (χ3v) is 2.81. The van der Waals surface area contributed by atoms with Crippen molar-refractivity contribution in [2.75, 3.05) is 17.2 Å². The van der Waals surface area contributed by atoms with Crippen LogP contribution >= 0.6 is 0 Å². The second kappa shape index (κ2) is 4.47. The van der Waals surface area contributed by atoms with Gasteiger partial charge in [0.2, 0.25) is 0 Å². The van der Waals surface area contributed by atoms with E-state index in [9.17, 15) is 0 Å². The Balaban J connectivity index is 1.93. The van der Waals surface area contributed by atoms with Crippen LogP contribution in [0.3, 0.4) is 0 Å². The molecule has 15 heavy (non-hydrogen) atoms. The molecular weight excluding hydrogens is 188 g/mol. The van der Waals surface area contributed by atoms with Gasteiger partial charge in [0.05, 0.1) is 0 Å². The first kappa shape index (κ1) is 10.2. The first-order chi connectivity index (χ1) is 7.33. The number of anilines is 2. The molecule has 1 aromatic heterocycles. The topological polar surface area (TPSA) is 49.8 Å². The summed E-state index contributed by atoms with van der Waals surface area (Å²) in [5, 5.41) is 6.60. The van der Waals surface area contributed by atoms with Gasteiger partial charge in [-0.15, -0.1) is 0 Å². The summed E-state index contributed by atoms with van der Waals surface area (Å²) >= 11 is 0. The minimum atomic E-state index is 0.624. The Hall–Kier alpha value is -1.32. The van der Waals surface area contributed by atoms with Gasteiger partial charge in [0, 0.05) is 18.7 Å². The number of hydrogen-bond acceptors (Lipinski definition) is 4. The summed E-state index contributed by atoms with van der Waals surface area (Å²) in [5.41, 5.74) is 0. The van der Waals surface area contributed by atoms with Crippen molar-refractivity contribution >= 4 is 11.6 Å². The number of nitrogens with one attached hydrogen (secondary N) is 2. The van der Waals surface area contributed by atoms with Gasteiger partial charge < -0.3 is 10.6 Å². The van der Waals surface area contributed by atoms with Gasteiger partial charge in [-0.1, -0.05) is 13.3 Å². The Kier molecular flexibility index (Phi) is 3.04. The molecule has 1 saturated carbocycles. The smallest absolute Gasteiger partial charge is 0.131 e. The van der Waals surface area contributed by atoms with Gasteiger partial charge in [-0.3, -0.25) is 0 Å². The van der Waals surface area contributed by atoms with Crippen molar-refractivity contribution in [3.8, 4) is 0 Å². The van der Waals surface area contributed by atoms with E-state index in [0.717, 1.165) is 24.1 Å². The number of nitrogens with zero attached hydrogens (tertiary/aromatic N) is 2. The van der Waals surface area contributed by atoms with Crippen LogP contribution < -0.4 is 10.6 Å². The van der Waals surface area contributed by atoms with Gasteiger partial charge >= 0.3 is 0 Å². The molecule has 2 rings (SSSR count). The van der Waals surface area contributed by atoms with Crippen molar-refractivity contribution in [2.45, 2.75) is 32.7 Å². The van der Waals surface area contributed by atoms with Crippen LogP contribution in [0.5, 0.6) is 0 Å². The molecule has 0 spiro atoms. The van der Waals surface area contributed by atoms with E-state index < -0.39 is 0 Å². The van der Waals surface area contributed by atoms with Gasteiger partial charge in [0.25, 0.3) is 0 Å². The van der Waals surface area contributed by atoms with E-state index in [4.69, 9.17) is 0 Å². The highest BCUT2D eigenvalue weighted by molar-refractivity contribution is 5.47. The van der Waals surface area contributed by atoms with Crippen molar-refractivity contribution in [3.05, 3.63) is 12.4 Å². The van der Waals surface area contributed by atoms with Crippen molar-refractivity contribution in [3.63, 3.8) is 0 Å². The minimum absolute atomic E-state index is 0.624. The highest BCUT2D eigenvalue weighted by atomic mass is 15.1. The molecule has 0 radical (unpaired) electrons. The standard InChI is InChI=1S/C11H18N4/c1-3-8-5-9(8)15-11-6-10(12-4-2)13-7-14-11/h6-9H,3-5H2,1-2H3,(H2,12,13,14,15). The number of hydrogen-bond donors (Lipinski definition) is 2. The lowest BCUT2D eigenvalue weighted by Gasteiger charge is -2.06. The molecule has 1 aliphatic carbocycles. The second-order valence-corrected chi connectivity index (χ2v) is 3.97. The van der Waals surface area contributed by atoms with E-state index >= 15 is 0 Å². The molecule has 1 aliphatic rings. The van der Waals surface area contributed by atoms with Crippen molar-refractivity contribution < 1.29 is 0 Å². The summed E-state index contributed by atoms with van der Waals surface area (Å²) in [6.45, 7) is 5.18. The maximum Gasteiger partial charge on any atom is 0.131 e. The van der Waals surface area contributed by atoms with Crippen molar-refractivity contribution in [1.82, 2.24) is 9.97 Å². The average Bonchev–Trinajstić information content (AvgIpc) is 2.97. The normalized spacial score (nSPS) is 23.6. The van der Waals surface area contributed by atoms with Crippen LogP contribution in [0.4, 0.5) is 11.6 Å². The van der Waals surface area contributed by atoms with Crippen molar-refractivity contribution in [1.29, 1.82) is 0 Å². The third-order valence-electron chi connectivity index (χ3n) is 2.81. The van der Waals surface area contributed by atoms with E-state index in [1.165, 1.54) is 12.8 Å². The first-order valence-electron chi connectivity index (χ1n) is 5.66. The molecule has 0 aliphatic heterocycles. The Bertz CT molecular complexity index is 326. The van der Waals surface area contributed by atoms with Crippen LogP contribution in [0.2, 0.25) is 0 Å². The SMILES string of the molecule is CCNc1cc(NC2CC2CC)ncn1. The molecule has 2 N–H and O–H groups in total. The number of aromatic nitrogens is 2. The average molecular weight is 206 g/mol. The summed E-state index contributed by atoms with van der Waals surface area (Å²) in [6, 6.07) is 2.59. The predicted octanol–water partition coefficient (Wildman–Crippen LogP) is 2.12. The van der Waals surface area contributed by atoms with E-state index in [2.05, 4.69) is 34.4 Å². The Morgan fingerprint density at radius 1 is 1.33 bits per heavy atom. The fourth-order valence-electron chi connectivity index (χ4n) is 1.78. The summed E-state index contributed by atoms with van der Waals surface area (Å²) in [4.78, 5) is 8.34. The Morgan fingerprint density at radius 2 is 2.13 bits per heavy atom. The van der Waals surface area contributed by atoms with Crippen LogP contribution in [0, 0.1) is 5.92 Å². The molecular formula is C11H18N4. The quantitative estimate of drug-likeness (QED) is 0.774. The lowest BCUT2D eigenvalue weighted by atomic mass is 10.3. The van der Waals surface area contributed by atoms with Gasteiger partial charge in [-0.25, -0.2) is 9.97 Å². The first-order valence-corrected chi connectivity index (χ1v) is 5.66. The number of rotatable bonds is 5. The molecule has 4 nitrogen and oxygen atoms in total. The maximum atomic E-state index is 4.21. The Morgan fingerprint density at radius 3 is 2.80 bits per heavy atom. The lowest BCUT2D eigenvalue weighted by molar-refractivity contribution is 0.773. The van der Waals surface area contributed by atoms with Crippen LogP contribution in [0.25, 0.3) is 0 Å². The highest BCUT2D eigenvalue weighted by Gasteiger charge is 2.35. The monoisotopic (exact) mass is 206 g/mol. The molecule has 0 saturated heterocycles. The molecule has 1 heterocycles. The molecule has 4 heteroatoms. The van der Waals surface area contributed by atoms with Crippen LogP contribution in [0.1, 0.15) is 26.7 Å². The fraction of sp³-hybridized carbons (Fsp3) is 0.636. The zero-order chi connectivity index (χ0) is 10.7. The van der Waals surface area contributed by atoms with E-state index in [1.807, 2.05) is 6.07 Å². The minimum Gasteiger partial charge on any atom is -0.370 e. The summed E-state index contributed by atoms with van der Waals surface area (Å²) in [7, 11) is 0. The van der Waals surface area contributed by atoms with Crippen LogP contribution in [0.15, 0.2) is 12.4 Å². The maximum absolute atomic E-state index is 4.21. The molecule has 2 atom stereocenters. The van der Waals surface area contributed by atoms with Gasteiger partial charge in [0.1, 0.15) is 18.0 Å². The lowest BCUT2D eigenvalue weighted by Crippen LogP contribution is -2.07. The van der Waals surface area contributed by atoms with Gasteiger partial charge in [-0.05, 0) is 19.3 Å². The van der Waals surface area contributed by atoms with Gasteiger partial charge in [-0.2, -0.15) is 0 Å². The summed E-state index contributed by atoms with van der Waals surface area (Å²) in [5.74, 6) is 2.66. The zero-order valence-corrected chi connectivity index (χ0v) is 9.33. The second-order valence-electron chi connectivity index (χ2n) is 3.97. The molecule has 2 unspecified atom stereocenters. The van der Waals surface area contributed by atoms with E-state index in [1.54, 1.807) is 6.33 Å².